The van der Waals surface area contributed by atoms with E-state index in [0.717, 1.165) is 10.4 Å². The molecular formula is C22H19N3O6S2. The molecule has 1 aromatic carbocycles. The lowest BCUT2D eigenvalue weighted by Gasteiger charge is -2.10. The highest BCUT2D eigenvalue weighted by molar-refractivity contribution is 7.18. The minimum absolute atomic E-state index is 0.338. The number of esters is 1. The van der Waals surface area contributed by atoms with E-state index in [4.69, 9.17) is 14.2 Å². The summed E-state index contributed by atoms with van der Waals surface area (Å²) in [5.74, 6) is -0.277. The number of thiophene rings is 2. The summed E-state index contributed by atoms with van der Waals surface area (Å²) in [7, 11) is 2.99. The quantitative estimate of drug-likeness (QED) is 0.381. The van der Waals surface area contributed by atoms with Crippen LogP contribution in [0.1, 0.15) is 0 Å². The summed E-state index contributed by atoms with van der Waals surface area (Å²) in [6.07, 6.45) is 1.31. The summed E-state index contributed by atoms with van der Waals surface area (Å²) in [5.41, 5.74) is 0.879. The van der Waals surface area contributed by atoms with Crippen molar-refractivity contribution in [1.29, 1.82) is 0 Å². The lowest BCUT2D eigenvalue weighted by Crippen LogP contribution is -2.28. The van der Waals surface area contributed by atoms with Gasteiger partial charge in [0, 0.05) is 39.7 Å². The summed E-state index contributed by atoms with van der Waals surface area (Å²) in [6, 6.07) is 8.70. The summed E-state index contributed by atoms with van der Waals surface area (Å²) in [5, 5.41) is 6.88. The van der Waals surface area contributed by atoms with Gasteiger partial charge >= 0.3 is 5.97 Å². The van der Waals surface area contributed by atoms with Crippen molar-refractivity contribution < 1.29 is 23.8 Å². The monoisotopic (exact) mass is 485 g/mol. The molecule has 0 radical (unpaired) electrons. The zero-order valence-electron chi connectivity index (χ0n) is 17.7. The molecule has 0 aliphatic rings. The maximum Gasteiger partial charge on any atom is 0.326 e. The third kappa shape index (κ3) is 5.04. The number of amides is 1. The molecule has 9 nitrogen and oxygen atoms in total. The van der Waals surface area contributed by atoms with E-state index < -0.39 is 18.5 Å². The summed E-state index contributed by atoms with van der Waals surface area (Å²) in [4.78, 5) is 43.3. The number of methoxy groups -OCH3 is 2. The largest absolute Gasteiger partial charge is 0.497 e. The second kappa shape index (κ2) is 9.84. The molecule has 0 saturated carbocycles. The van der Waals surface area contributed by atoms with E-state index in [0.29, 0.717) is 27.4 Å². The zero-order chi connectivity index (χ0) is 23.4. The van der Waals surface area contributed by atoms with E-state index in [9.17, 15) is 14.4 Å². The lowest BCUT2D eigenvalue weighted by molar-refractivity contribution is -0.147. The summed E-state index contributed by atoms with van der Waals surface area (Å²) in [6.45, 7) is -0.872. The lowest BCUT2D eigenvalue weighted by atomic mass is 10.2. The van der Waals surface area contributed by atoms with Crippen molar-refractivity contribution in [2.75, 3.05) is 26.1 Å². The van der Waals surface area contributed by atoms with Crippen molar-refractivity contribution in [1.82, 2.24) is 9.55 Å². The van der Waals surface area contributed by atoms with Gasteiger partial charge in [0.05, 0.1) is 25.9 Å². The standard InChI is InChI=1S/C22H19N3O6S2/c1-29-14-6-13(7-15(8-14)30-2)24-18(26)10-31-19(27)9-25-12-23-21-20(22(25)28)16(11-33-21)17-4-3-5-32-17/h3-8,11-12H,9-10H2,1-2H3,(H,24,26). The van der Waals surface area contributed by atoms with Crippen LogP contribution in [-0.2, 0) is 20.9 Å². The molecule has 0 saturated heterocycles. The third-order valence-corrected chi connectivity index (χ3v) is 6.44. The van der Waals surface area contributed by atoms with Gasteiger partial charge < -0.3 is 19.5 Å². The molecule has 0 spiro atoms. The Morgan fingerprint density at radius 2 is 1.88 bits per heavy atom. The minimum atomic E-state index is -0.732. The van der Waals surface area contributed by atoms with Gasteiger partial charge in [0.1, 0.15) is 22.9 Å². The van der Waals surface area contributed by atoms with Crippen LogP contribution in [0.3, 0.4) is 0 Å². The first kappa shape index (κ1) is 22.5. The molecule has 33 heavy (non-hydrogen) atoms. The molecular weight excluding hydrogens is 466 g/mol. The highest BCUT2D eigenvalue weighted by atomic mass is 32.1. The zero-order valence-corrected chi connectivity index (χ0v) is 19.3. The van der Waals surface area contributed by atoms with Crippen molar-refractivity contribution >= 4 is 50.5 Å². The van der Waals surface area contributed by atoms with E-state index in [1.165, 1.54) is 47.8 Å². The van der Waals surface area contributed by atoms with Gasteiger partial charge in [0.15, 0.2) is 6.61 Å². The number of benzene rings is 1. The fourth-order valence-electron chi connectivity index (χ4n) is 3.10. The summed E-state index contributed by atoms with van der Waals surface area (Å²) < 4.78 is 16.5. The number of nitrogens with one attached hydrogen (secondary N) is 1. The number of carbonyl (C=O) groups is 2. The SMILES string of the molecule is COc1cc(NC(=O)COC(=O)Cn2cnc3scc(-c4cccs4)c3c2=O)cc(OC)c1. The maximum atomic E-state index is 13.0. The number of hydrogen-bond acceptors (Lipinski definition) is 9. The number of ether oxygens (including phenoxy) is 3. The van der Waals surface area contributed by atoms with E-state index in [1.807, 2.05) is 22.9 Å². The highest BCUT2D eigenvalue weighted by Crippen LogP contribution is 2.33. The number of hydrogen-bond donors (Lipinski definition) is 1. The predicted octanol–water partition coefficient (Wildman–Crippen LogP) is 3.39. The van der Waals surface area contributed by atoms with E-state index >= 15 is 0 Å². The van der Waals surface area contributed by atoms with Gasteiger partial charge in [-0.05, 0) is 11.4 Å². The normalized spacial score (nSPS) is 10.7. The van der Waals surface area contributed by atoms with Gasteiger partial charge in [-0.1, -0.05) is 6.07 Å². The Morgan fingerprint density at radius 3 is 2.55 bits per heavy atom. The number of carbonyl (C=O) groups excluding carboxylic acids is 2. The molecule has 0 unspecified atom stereocenters. The number of anilines is 1. The van der Waals surface area contributed by atoms with Crippen molar-refractivity contribution in [3.63, 3.8) is 0 Å². The van der Waals surface area contributed by atoms with Gasteiger partial charge in [0.25, 0.3) is 11.5 Å². The molecule has 3 aromatic heterocycles. The van der Waals surface area contributed by atoms with Crippen molar-refractivity contribution in [3.05, 3.63) is 57.8 Å². The Balaban J connectivity index is 1.41. The number of aromatic nitrogens is 2. The fourth-order valence-corrected chi connectivity index (χ4v) is 4.82. The smallest absolute Gasteiger partial charge is 0.326 e. The Hall–Kier alpha value is -3.70. The molecule has 1 amide bonds. The van der Waals surface area contributed by atoms with Gasteiger partial charge in [-0.25, -0.2) is 4.98 Å². The van der Waals surface area contributed by atoms with Crippen LogP contribution in [0.4, 0.5) is 5.69 Å². The molecule has 0 bridgehead atoms. The van der Waals surface area contributed by atoms with Gasteiger partial charge in [-0.15, -0.1) is 22.7 Å². The molecule has 0 fully saturated rings. The van der Waals surface area contributed by atoms with Crippen molar-refractivity contribution in [3.8, 4) is 21.9 Å². The average molecular weight is 486 g/mol. The molecule has 3 heterocycles. The summed E-state index contributed by atoms with van der Waals surface area (Å²) >= 11 is 2.89. The van der Waals surface area contributed by atoms with Crippen LogP contribution in [0.2, 0.25) is 0 Å². The fraction of sp³-hybridized carbons (Fsp3) is 0.182. The number of fused-ring (bicyclic) bond motifs is 1. The van der Waals surface area contributed by atoms with E-state index in [1.54, 1.807) is 18.2 Å². The van der Waals surface area contributed by atoms with Crippen LogP contribution < -0.4 is 20.3 Å². The van der Waals surface area contributed by atoms with Gasteiger partial charge in [-0.2, -0.15) is 0 Å². The minimum Gasteiger partial charge on any atom is -0.497 e. The molecule has 11 heteroatoms. The van der Waals surface area contributed by atoms with Crippen LogP contribution in [0.25, 0.3) is 20.7 Å². The Labute approximate surface area is 196 Å². The van der Waals surface area contributed by atoms with Crippen LogP contribution in [-0.4, -0.2) is 42.3 Å². The topological polar surface area (TPSA) is 109 Å². The average Bonchev–Trinajstić information content (AvgIpc) is 3.49. The second-order valence-electron chi connectivity index (χ2n) is 6.79. The molecule has 170 valence electrons. The molecule has 4 aromatic rings. The molecule has 0 aliphatic carbocycles. The van der Waals surface area contributed by atoms with E-state index in [-0.39, 0.29) is 12.1 Å². The van der Waals surface area contributed by atoms with Gasteiger partial charge in [0.2, 0.25) is 0 Å². The molecule has 0 aliphatic heterocycles. The first-order valence-electron chi connectivity index (χ1n) is 9.67. The van der Waals surface area contributed by atoms with Crippen LogP contribution >= 0.6 is 22.7 Å². The number of rotatable bonds is 8. The van der Waals surface area contributed by atoms with Crippen LogP contribution in [0.15, 0.2) is 52.2 Å². The van der Waals surface area contributed by atoms with Crippen LogP contribution in [0.5, 0.6) is 11.5 Å². The van der Waals surface area contributed by atoms with E-state index in [2.05, 4.69) is 10.3 Å². The molecule has 0 atom stereocenters. The molecule has 4 rings (SSSR count). The first-order chi connectivity index (χ1) is 16.0. The predicted molar refractivity (Wildman–Crippen MR) is 126 cm³/mol. The first-order valence-corrected chi connectivity index (χ1v) is 11.4. The Kier molecular flexibility index (Phi) is 6.71. The van der Waals surface area contributed by atoms with Gasteiger partial charge in [-0.3, -0.25) is 19.0 Å². The maximum absolute atomic E-state index is 13.0. The highest BCUT2D eigenvalue weighted by Gasteiger charge is 2.16. The Bertz CT molecular complexity index is 1340. The Morgan fingerprint density at radius 1 is 1.12 bits per heavy atom. The van der Waals surface area contributed by atoms with Crippen LogP contribution in [0, 0.1) is 0 Å². The number of nitrogens with zero attached hydrogens (tertiary/aromatic N) is 2. The second-order valence-corrected chi connectivity index (χ2v) is 8.60. The van der Waals surface area contributed by atoms with Crippen molar-refractivity contribution in [2.24, 2.45) is 0 Å². The third-order valence-electron chi connectivity index (χ3n) is 4.65. The molecule has 1 N–H and O–H groups in total. The van der Waals surface area contributed by atoms with Crippen molar-refractivity contribution in [2.45, 2.75) is 6.54 Å².